The van der Waals surface area contributed by atoms with Gasteiger partial charge in [0.05, 0.1) is 27.5 Å². The SMILES string of the molecule is O=C(Nc1cncnc1)c1ccc(Br)c([N+](=O)[O-])c1. The first-order chi connectivity index (χ1) is 9.08. The summed E-state index contributed by atoms with van der Waals surface area (Å²) in [4.78, 5) is 29.6. The molecule has 0 spiro atoms. The van der Waals surface area contributed by atoms with Crippen LogP contribution >= 0.6 is 15.9 Å². The Balaban J connectivity index is 2.25. The first-order valence-corrected chi connectivity index (χ1v) is 5.87. The van der Waals surface area contributed by atoms with E-state index in [1.54, 1.807) is 0 Å². The summed E-state index contributed by atoms with van der Waals surface area (Å²) in [5.41, 5.74) is 0.425. The van der Waals surface area contributed by atoms with Gasteiger partial charge in [0.15, 0.2) is 0 Å². The zero-order valence-electron chi connectivity index (χ0n) is 9.41. The fourth-order valence-corrected chi connectivity index (χ4v) is 1.75. The van der Waals surface area contributed by atoms with Gasteiger partial charge in [-0.3, -0.25) is 14.9 Å². The molecule has 0 radical (unpaired) electrons. The fraction of sp³-hybridized carbons (Fsp3) is 0. The van der Waals surface area contributed by atoms with E-state index in [4.69, 9.17) is 0 Å². The Kier molecular flexibility index (Phi) is 3.81. The Bertz CT molecular complexity index is 633. The lowest BCUT2D eigenvalue weighted by Crippen LogP contribution is -2.12. The molecule has 1 aromatic carbocycles. The van der Waals surface area contributed by atoms with Crippen molar-refractivity contribution < 1.29 is 9.72 Å². The average Bonchev–Trinajstić information content (AvgIpc) is 2.40. The number of nitro benzene ring substituents is 1. The van der Waals surface area contributed by atoms with Crippen LogP contribution in [0.25, 0.3) is 0 Å². The maximum Gasteiger partial charge on any atom is 0.284 e. The van der Waals surface area contributed by atoms with Crippen molar-refractivity contribution in [2.24, 2.45) is 0 Å². The molecule has 0 aliphatic rings. The lowest BCUT2D eigenvalue weighted by Gasteiger charge is -2.04. The van der Waals surface area contributed by atoms with E-state index in [1.807, 2.05) is 0 Å². The van der Waals surface area contributed by atoms with Crippen LogP contribution in [0.1, 0.15) is 10.4 Å². The van der Waals surface area contributed by atoms with Gasteiger partial charge in [-0.05, 0) is 28.1 Å². The molecule has 0 fully saturated rings. The van der Waals surface area contributed by atoms with Gasteiger partial charge in [-0.2, -0.15) is 0 Å². The van der Waals surface area contributed by atoms with Crippen LogP contribution in [0, 0.1) is 10.1 Å². The van der Waals surface area contributed by atoms with Crippen LogP contribution < -0.4 is 5.32 Å². The Morgan fingerprint density at radius 2 is 2.00 bits per heavy atom. The summed E-state index contributed by atoms with van der Waals surface area (Å²) in [5, 5.41) is 13.3. The van der Waals surface area contributed by atoms with Gasteiger partial charge in [-0.25, -0.2) is 9.97 Å². The lowest BCUT2D eigenvalue weighted by molar-refractivity contribution is -0.385. The molecule has 8 heteroatoms. The van der Waals surface area contributed by atoms with E-state index in [0.717, 1.165) is 0 Å². The zero-order valence-corrected chi connectivity index (χ0v) is 11.0. The van der Waals surface area contributed by atoms with Crippen LogP contribution in [0.2, 0.25) is 0 Å². The molecule has 0 aliphatic carbocycles. The number of rotatable bonds is 3. The average molecular weight is 323 g/mol. The Labute approximate surface area is 116 Å². The number of amides is 1. The molecule has 7 nitrogen and oxygen atoms in total. The number of hydrogen-bond donors (Lipinski definition) is 1. The topological polar surface area (TPSA) is 98.0 Å². The highest BCUT2D eigenvalue weighted by atomic mass is 79.9. The van der Waals surface area contributed by atoms with E-state index in [-0.39, 0.29) is 11.3 Å². The van der Waals surface area contributed by atoms with Crippen molar-refractivity contribution in [2.45, 2.75) is 0 Å². The van der Waals surface area contributed by atoms with Crippen molar-refractivity contribution in [3.8, 4) is 0 Å². The number of carbonyl (C=O) groups is 1. The molecule has 1 heterocycles. The summed E-state index contributed by atoms with van der Waals surface area (Å²) < 4.78 is 0.317. The summed E-state index contributed by atoms with van der Waals surface area (Å²) in [5.74, 6) is -0.467. The minimum absolute atomic E-state index is 0.169. The summed E-state index contributed by atoms with van der Waals surface area (Å²) in [6.07, 6.45) is 4.19. The number of nitrogens with zero attached hydrogens (tertiary/aromatic N) is 3. The Morgan fingerprint density at radius 3 is 2.63 bits per heavy atom. The second-order valence-electron chi connectivity index (χ2n) is 3.50. The second-order valence-corrected chi connectivity index (χ2v) is 4.36. The van der Waals surface area contributed by atoms with Gasteiger partial charge in [0.2, 0.25) is 0 Å². The molecule has 0 unspecified atom stereocenters. The molecular formula is C11H7BrN4O3. The summed E-state index contributed by atoms with van der Waals surface area (Å²) in [7, 11) is 0. The van der Waals surface area contributed by atoms with Crippen LogP contribution in [0.15, 0.2) is 41.4 Å². The highest BCUT2D eigenvalue weighted by molar-refractivity contribution is 9.10. The van der Waals surface area contributed by atoms with E-state index >= 15 is 0 Å². The maximum atomic E-state index is 11.9. The van der Waals surface area contributed by atoms with Gasteiger partial charge in [0, 0.05) is 11.6 Å². The fourth-order valence-electron chi connectivity index (χ4n) is 1.36. The van der Waals surface area contributed by atoms with Crippen LogP contribution in [-0.4, -0.2) is 20.8 Å². The molecule has 0 atom stereocenters. The number of halogens is 1. The number of hydrogen-bond acceptors (Lipinski definition) is 5. The predicted molar refractivity (Wildman–Crippen MR) is 70.8 cm³/mol. The minimum atomic E-state index is -0.563. The molecule has 19 heavy (non-hydrogen) atoms. The van der Waals surface area contributed by atoms with Crippen molar-refractivity contribution in [1.82, 2.24) is 9.97 Å². The smallest absolute Gasteiger partial charge is 0.284 e. The maximum absolute atomic E-state index is 11.9. The van der Waals surface area contributed by atoms with Crippen LogP contribution in [0.4, 0.5) is 11.4 Å². The normalized spacial score (nSPS) is 9.95. The number of benzene rings is 1. The highest BCUT2D eigenvalue weighted by Gasteiger charge is 2.16. The molecule has 1 aromatic heterocycles. The second kappa shape index (κ2) is 5.53. The van der Waals surface area contributed by atoms with E-state index in [2.05, 4.69) is 31.2 Å². The summed E-state index contributed by atoms with van der Waals surface area (Å²) in [6.45, 7) is 0. The minimum Gasteiger partial charge on any atom is -0.319 e. The van der Waals surface area contributed by atoms with E-state index in [1.165, 1.54) is 36.9 Å². The molecule has 96 valence electrons. The number of anilines is 1. The van der Waals surface area contributed by atoms with Gasteiger partial charge < -0.3 is 5.32 Å². The molecular weight excluding hydrogens is 316 g/mol. The van der Waals surface area contributed by atoms with Gasteiger partial charge in [-0.15, -0.1) is 0 Å². The molecule has 0 aliphatic heterocycles. The van der Waals surface area contributed by atoms with Crippen LogP contribution in [0.3, 0.4) is 0 Å². The molecule has 1 amide bonds. The number of nitrogens with one attached hydrogen (secondary N) is 1. The van der Waals surface area contributed by atoms with Crippen molar-refractivity contribution in [2.75, 3.05) is 5.32 Å². The Morgan fingerprint density at radius 1 is 1.32 bits per heavy atom. The number of nitro groups is 1. The van der Waals surface area contributed by atoms with Gasteiger partial charge in [0.25, 0.3) is 11.6 Å². The number of carbonyl (C=O) groups excluding carboxylic acids is 1. The first-order valence-electron chi connectivity index (χ1n) is 5.08. The predicted octanol–water partition coefficient (Wildman–Crippen LogP) is 2.40. The molecule has 0 saturated carbocycles. The summed E-state index contributed by atoms with van der Waals surface area (Å²) in [6, 6.07) is 4.13. The van der Waals surface area contributed by atoms with Gasteiger partial charge in [0.1, 0.15) is 6.33 Å². The quantitative estimate of drug-likeness (QED) is 0.691. The third-order valence-electron chi connectivity index (χ3n) is 2.22. The zero-order chi connectivity index (χ0) is 13.8. The van der Waals surface area contributed by atoms with Crippen LogP contribution in [-0.2, 0) is 0 Å². The van der Waals surface area contributed by atoms with E-state index < -0.39 is 10.8 Å². The number of aromatic nitrogens is 2. The largest absolute Gasteiger partial charge is 0.319 e. The highest BCUT2D eigenvalue weighted by Crippen LogP contribution is 2.25. The van der Waals surface area contributed by atoms with Crippen molar-refractivity contribution in [1.29, 1.82) is 0 Å². The third-order valence-corrected chi connectivity index (χ3v) is 2.89. The first kappa shape index (κ1) is 13.1. The van der Waals surface area contributed by atoms with E-state index in [9.17, 15) is 14.9 Å². The van der Waals surface area contributed by atoms with Gasteiger partial charge in [-0.1, -0.05) is 0 Å². The molecule has 2 rings (SSSR count). The standard InChI is InChI=1S/C11H7BrN4O3/c12-9-2-1-7(3-10(9)16(18)19)11(17)15-8-4-13-6-14-5-8/h1-6H,(H,15,17). The van der Waals surface area contributed by atoms with Gasteiger partial charge >= 0.3 is 0 Å². The monoisotopic (exact) mass is 322 g/mol. The lowest BCUT2D eigenvalue weighted by atomic mass is 10.2. The van der Waals surface area contributed by atoms with Crippen molar-refractivity contribution >= 4 is 33.2 Å². The van der Waals surface area contributed by atoms with E-state index in [0.29, 0.717) is 10.2 Å². The summed E-state index contributed by atoms with van der Waals surface area (Å²) >= 11 is 3.05. The molecule has 0 saturated heterocycles. The van der Waals surface area contributed by atoms with Crippen molar-refractivity contribution in [3.63, 3.8) is 0 Å². The van der Waals surface area contributed by atoms with Crippen LogP contribution in [0.5, 0.6) is 0 Å². The molecule has 1 N–H and O–H groups in total. The van der Waals surface area contributed by atoms with Crippen molar-refractivity contribution in [3.05, 3.63) is 57.1 Å². The molecule has 0 bridgehead atoms. The Hall–Kier alpha value is -2.35. The third kappa shape index (κ3) is 3.10. The molecule has 2 aromatic rings.